The number of nitrogens with zero attached hydrogens (tertiary/aromatic N) is 2. The van der Waals surface area contributed by atoms with Crippen molar-refractivity contribution < 1.29 is 29.4 Å². The van der Waals surface area contributed by atoms with E-state index in [0.29, 0.717) is 25.8 Å². The van der Waals surface area contributed by atoms with E-state index in [1.165, 1.54) is 4.90 Å². The maximum atomic E-state index is 13.8. The highest BCUT2D eigenvalue weighted by molar-refractivity contribution is 7.13. The van der Waals surface area contributed by atoms with Gasteiger partial charge in [0.1, 0.15) is 11.8 Å². The molecule has 0 bridgehead atoms. The third-order valence-electron chi connectivity index (χ3n) is 7.91. The van der Waals surface area contributed by atoms with Crippen LogP contribution in [0.1, 0.15) is 89.8 Å². The molecule has 0 unspecified atom stereocenters. The number of rotatable bonds is 15. The van der Waals surface area contributed by atoms with Crippen LogP contribution in [0.5, 0.6) is 0 Å². The number of nitrogens with one attached hydrogen (secondary N) is 1. The molecule has 1 fully saturated rings. The first-order chi connectivity index (χ1) is 19.9. The number of hydrogen-bond donors (Lipinski definition) is 3. The molecule has 3 rings (SSSR count). The summed E-state index contributed by atoms with van der Waals surface area (Å²) >= 11 is 1.58. The van der Waals surface area contributed by atoms with E-state index in [-0.39, 0.29) is 43.4 Å². The minimum atomic E-state index is -0.802. The Hall–Kier alpha value is -3.11. The van der Waals surface area contributed by atoms with Gasteiger partial charge in [-0.05, 0) is 36.3 Å². The predicted molar refractivity (Wildman–Crippen MR) is 163 cm³/mol. The second-order valence-electron chi connectivity index (χ2n) is 12.4. The van der Waals surface area contributed by atoms with Gasteiger partial charge in [-0.2, -0.15) is 0 Å². The van der Waals surface area contributed by atoms with Crippen LogP contribution in [-0.2, 0) is 25.7 Å². The molecule has 0 spiro atoms. The number of hydrogen-bond acceptors (Lipinski definition) is 7. The normalized spacial score (nSPS) is 17.7. The third kappa shape index (κ3) is 9.73. The average molecular weight is 600 g/mol. The summed E-state index contributed by atoms with van der Waals surface area (Å²) < 4.78 is 0. The number of aliphatic hydroxyl groups is 1. The van der Waals surface area contributed by atoms with Crippen LogP contribution < -0.4 is 5.32 Å². The van der Waals surface area contributed by atoms with E-state index in [1.807, 2.05) is 57.5 Å². The second kappa shape index (κ2) is 15.4. The van der Waals surface area contributed by atoms with Crippen molar-refractivity contribution in [1.29, 1.82) is 0 Å². The summed E-state index contributed by atoms with van der Waals surface area (Å²) in [5.41, 5.74) is 4.28. The molecule has 1 aliphatic heterocycles. The first-order valence-electron chi connectivity index (χ1n) is 14.9. The lowest BCUT2D eigenvalue weighted by Crippen LogP contribution is -2.50. The molecule has 0 saturated carbocycles. The number of carboxylic acid groups (broad SMARTS) is 1. The Morgan fingerprint density at radius 1 is 1.05 bits per heavy atom. The second-order valence-corrected chi connectivity index (χ2v) is 13.3. The Morgan fingerprint density at radius 2 is 1.69 bits per heavy atom. The number of aliphatic carboxylic acids is 1. The molecule has 1 saturated heterocycles. The molecule has 3 atom stereocenters. The number of carbonyl (C=O) groups excluding carboxylic acids is 3. The first-order valence-corrected chi connectivity index (χ1v) is 15.7. The van der Waals surface area contributed by atoms with Crippen LogP contribution in [0.25, 0.3) is 10.4 Å². The predicted octanol–water partition coefficient (Wildman–Crippen LogP) is 5.13. The number of benzene rings is 1. The van der Waals surface area contributed by atoms with Crippen LogP contribution in [0.15, 0.2) is 29.8 Å². The number of Topliss-reactive ketones (excluding diaryl/α,β-unsaturated/α-hetero) is 1. The SMILES string of the molecule is Cc1ncsc1-c1ccc(CNC(=O)[C@@H]2C[C@@H](O)CN2C(=O)[C@@H](CC(=O)CCCCCCCC(=O)O)C(C)(C)C)cc1. The standard InChI is InChI=1S/C32H45N3O6S/c1-21-29(42-20-34-21)23-14-12-22(13-15-23)18-33-30(40)27-17-25(37)19-35(27)31(41)26(32(2,3)4)16-24(36)10-8-6-5-7-9-11-28(38)39/h12-15,20,25-27,37H,5-11,16-19H2,1-4H3,(H,33,40)(H,38,39)/t25-,26-,27+/m1/s1. The number of carbonyl (C=O) groups is 4. The maximum absolute atomic E-state index is 13.8. The van der Waals surface area contributed by atoms with E-state index in [0.717, 1.165) is 41.0 Å². The number of carboxylic acids is 1. The largest absolute Gasteiger partial charge is 0.481 e. The highest BCUT2D eigenvalue weighted by atomic mass is 32.1. The summed E-state index contributed by atoms with van der Waals surface area (Å²) in [5, 5.41) is 22.1. The monoisotopic (exact) mass is 599 g/mol. The Morgan fingerprint density at radius 3 is 2.29 bits per heavy atom. The zero-order valence-electron chi connectivity index (χ0n) is 25.2. The Bertz CT molecular complexity index is 1220. The molecule has 1 aliphatic rings. The van der Waals surface area contributed by atoms with Gasteiger partial charge in [-0.25, -0.2) is 4.98 Å². The van der Waals surface area contributed by atoms with Crippen molar-refractivity contribution in [1.82, 2.24) is 15.2 Å². The number of aromatic nitrogens is 1. The van der Waals surface area contributed by atoms with E-state index < -0.39 is 29.4 Å². The summed E-state index contributed by atoms with van der Waals surface area (Å²) in [6.45, 7) is 8.10. The Labute approximate surface area is 252 Å². The zero-order valence-corrected chi connectivity index (χ0v) is 26.0. The topological polar surface area (TPSA) is 137 Å². The maximum Gasteiger partial charge on any atom is 0.303 e. The van der Waals surface area contributed by atoms with Crippen molar-refractivity contribution in [3.63, 3.8) is 0 Å². The summed E-state index contributed by atoms with van der Waals surface area (Å²) in [4.78, 5) is 57.4. The fourth-order valence-electron chi connectivity index (χ4n) is 5.39. The smallest absolute Gasteiger partial charge is 0.303 e. The van der Waals surface area contributed by atoms with Crippen molar-refractivity contribution in [2.45, 2.75) is 104 Å². The molecule has 2 amide bonds. The van der Waals surface area contributed by atoms with Gasteiger partial charge in [0.2, 0.25) is 11.8 Å². The molecule has 42 heavy (non-hydrogen) atoms. The highest BCUT2D eigenvalue weighted by Gasteiger charge is 2.44. The van der Waals surface area contributed by atoms with Gasteiger partial charge in [0.05, 0.1) is 22.2 Å². The highest BCUT2D eigenvalue weighted by Crippen LogP contribution is 2.34. The molecule has 1 aromatic carbocycles. The minimum Gasteiger partial charge on any atom is -0.481 e. The molecule has 2 heterocycles. The van der Waals surface area contributed by atoms with E-state index in [9.17, 15) is 24.3 Å². The number of β-amino-alcohol motifs (C(OH)–C–C–N with tert-alkyl or cyclic N) is 1. The van der Waals surface area contributed by atoms with Crippen LogP contribution in [0.4, 0.5) is 0 Å². The molecule has 1 aromatic heterocycles. The van der Waals surface area contributed by atoms with Crippen molar-refractivity contribution in [2.75, 3.05) is 6.54 Å². The van der Waals surface area contributed by atoms with Crippen LogP contribution >= 0.6 is 11.3 Å². The molecule has 9 nitrogen and oxygen atoms in total. The number of unbranched alkanes of at least 4 members (excludes halogenated alkanes) is 4. The van der Waals surface area contributed by atoms with Crippen molar-refractivity contribution in [2.24, 2.45) is 11.3 Å². The Balaban J connectivity index is 1.55. The fourth-order valence-corrected chi connectivity index (χ4v) is 6.20. The zero-order chi connectivity index (χ0) is 30.9. The van der Waals surface area contributed by atoms with Gasteiger partial charge in [-0.15, -0.1) is 11.3 Å². The van der Waals surface area contributed by atoms with Crippen molar-refractivity contribution in [3.05, 3.63) is 41.0 Å². The average Bonchev–Trinajstić information content (AvgIpc) is 3.54. The molecule has 3 N–H and O–H groups in total. The molecule has 230 valence electrons. The summed E-state index contributed by atoms with van der Waals surface area (Å²) in [6, 6.07) is 7.12. The molecule has 2 aromatic rings. The van der Waals surface area contributed by atoms with Gasteiger partial charge in [-0.1, -0.05) is 64.3 Å². The summed E-state index contributed by atoms with van der Waals surface area (Å²) in [6.07, 6.45) is 3.86. The molecule has 0 aliphatic carbocycles. The van der Waals surface area contributed by atoms with E-state index in [4.69, 9.17) is 5.11 Å². The lowest BCUT2D eigenvalue weighted by atomic mass is 9.76. The number of aryl methyl sites for hydroxylation is 1. The Kier molecular flexibility index (Phi) is 12.2. The van der Waals surface area contributed by atoms with Crippen LogP contribution in [0, 0.1) is 18.3 Å². The van der Waals surface area contributed by atoms with E-state index >= 15 is 0 Å². The molecular formula is C32H45N3O6S. The van der Waals surface area contributed by atoms with Crippen LogP contribution in [-0.4, -0.2) is 62.4 Å². The van der Waals surface area contributed by atoms with Gasteiger partial charge < -0.3 is 20.4 Å². The first kappa shape index (κ1) is 33.4. The fraction of sp³-hybridized carbons (Fsp3) is 0.594. The van der Waals surface area contributed by atoms with Gasteiger partial charge in [0.25, 0.3) is 0 Å². The van der Waals surface area contributed by atoms with Crippen molar-refractivity contribution in [3.8, 4) is 10.4 Å². The number of thiazole rings is 1. The quantitative estimate of drug-likeness (QED) is 0.241. The van der Waals surface area contributed by atoms with Gasteiger partial charge in [-0.3, -0.25) is 19.2 Å². The van der Waals surface area contributed by atoms with E-state index in [1.54, 1.807) is 11.3 Å². The summed E-state index contributed by atoms with van der Waals surface area (Å²) in [7, 11) is 0. The number of aliphatic hydroxyl groups excluding tert-OH is 1. The van der Waals surface area contributed by atoms with Gasteiger partial charge >= 0.3 is 5.97 Å². The number of ketones is 1. The van der Waals surface area contributed by atoms with Gasteiger partial charge in [0.15, 0.2) is 0 Å². The van der Waals surface area contributed by atoms with Gasteiger partial charge in [0, 0.05) is 44.7 Å². The molecular weight excluding hydrogens is 554 g/mol. The lowest BCUT2D eigenvalue weighted by Gasteiger charge is -2.34. The third-order valence-corrected chi connectivity index (χ3v) is 8.89. The minimum absolute atomic E-state index is 0.00604. The van der Waals surface area contributed by atoms with E-state index in [2.05, 4.69) is 10.3 Å². The lowest BCUT2D eigenvalue weighted by molar-refractivity contribution is -0.146. The van der Waals surface area contributed by atoms with Crippen LogP contribution in [0.2, 0.25) is 0 Å². The van der Waals surface area contributed by atoms with Crippen molar-refractivity contribution >= 4 is 34.9 Å². The number of amides is 2. The molecule has 0 radical (unpaired) electrons. The van der Waals surface area contributed by atoms with Crippen LogP contribution in [0.3, 0.4) is 0 Å². The molecule has 10 heteroatoms. The summed E-state index contributed by atoms with van der Waals surface area (Å²) in [5.74, 6) is -1.98. The number of likely N-dealkylation sites (tertiary alicyclic amines) is 1.